The molecule has 0 saturated heterocycles. The van der Waals surface area contributed by atoms with Crippen LogP contribution in [0.1, 0.15) is 29.4 Å². The van der Waals surface area contributed by atoms with E-state index in [9.17, 15) is 18.7 Å². The van der Waals surface area contributed by atoms with Crippen molar-refractivity contribution in [1.82, 2.24) is 14.7 Å². The van der Waals surface area contributed by atoms with Gasteiger partial charge in [0.2, 0.25) is 0 Å². The minimum absolute atomic E-state index is 0.00556. The van der Waals surface area contributed by atoms with Crippen LogP contribution in [0.25, 0.3) is 5.65 Å². The van der Waals surface area contributed by atoms with Crippen LogP contribution in [-0.2, 0) is 17.1 Å². The van der Waals surface area contributed by atoms with E-state index in [1.54, 1.807) is 24.3 Å². The normalized spacial score (nSPS) is 18.0. The van der Waals surface area contributed by atoms with Gasteiger partial charge in [0, 0.05) is 12.4 Å². The summed E-state index contributed by atoms with van der Waals surface area (Å²) in [6, 6.07) is 5.37. The second kappa shape index (κ2) is 7.50. The van der Waals surface area contributed by atoms with Gasteiger partial charge >= 0.3 is 5.97 Å². The topological polar surface area (TPSA) is 88.2 Å². The van der Waals surface area contributed by atoms with Crippen LogP contribution in [-0.4, -0.2) is 26.7 Å². The minimum atomic E-state index is -1.10. The van der Waals surface area contributed by atoms with Gasteiger partial charge < -0.3 is 15.2 Å². The number of aromatic nitrogens is 2. The Morgan fingerprint density at radius 3 is 2.68 bits per heavy atom. The lowest BCUT2D eigenvalue weighted by molar-refractivity contribution is -0.133. The zero-order chi connectivity index (χ0) is 22.3. The van der Waals surface area contributed by atoms with Crippen molar-refractivity contribution < 1.29 is 23.4 Å². The van der Waals surface area contributed by atoms with Gasteiger partial charge in [-0.2, -0.15) is 0 Å². The molecular weight excluding hydrogens is 406 g/mol. The number of aliphatic imine (C=N–C) groups is 1. The van der Waals surface area contributed by atoms with Crippen molar-refractivity contribution in [1.29, 1.82) is 0 Å². The Morgan fingerprint density at radius 2 is 2.00 bits per heavy atom. The Morgan fingerprint density at radius 1 is 1.29 bits per heavy atom. The molecule has 3 heterocycles. The van der Waals surface area contributed by atoms with Crippen LogP contribution in [0.2, 0.25) is 0 Å². The van der Waals surface area contributed by atoms with Crippen LogP contribution in [0.3, 0.4) is 0 Å². The Bertz CT molecular complexity index is 1250. The van der Waals surface area contributed by atoms with Crippen molar-refractivity contribution in [3.8, 4) is 5.75 Å². The van der Waals surface area contributed by atoms with Crippen molar-refractivity contribution in [3.05, 3.63) is 76.4 Å². The summed E-state index contributed by atoms with van der Waals surface area (Å²) in [7, 11) is 0. The number of nitrogens with one attached hydrogen (secondary N) is 1. The number of ether oxygens (including phenoxy) is 1. The number of carboxylic acids is 1. The summed E-state index contributed by atoms with van der Waals surface area (Å²) in [5, 5.41) is 12.3. The quantitative estimate of drug-likeness (QED) is 0.651. The number of aryl methyl sites for hydroxylation is 2. The number of pyridine rings is 1. The molecule has 1 unspecified atom stereocenters. The first kappa shape index (κ1) is 20.5. The van der Waals surface area contributed by atoms with E-state index in [-0.39, 0.29) is 17.9 Å². The Balaban J connectivity index is 1.77. The maximum Gasteiger partial charge on any atom is 0.352 e. The number of imidazole rings is 1. The molecule has 0 fully saturated rings. The smallest absolute Gasteiger partial charge is 0.352 e. The van der Waals surface area contributed by atoms with Gasteiger partial charge in [-0.25, -0.2) is 18.6 Å². The molecule has 0 bridgehead atoms. The van der Waals surface area contributed by atoms with Crippen LogP contribution >= 0.6 is 0 Å². The van der Waals surface area contributed by atoms with E-state index in [1.807, 2.05) is 13.1 Å². The van der Waals surface area contributed by atoms with E-state index >= 15 is 0 Å². The summed E-state index contributed by atoms with van der Waals surface area (Å²) in [6.45, 7) is 5.06. The molecule has 7 nitrogen and oxygen atoms in total. The number of allylic oxidation sites excluding steroid dienone is 1. The van der Waals surface area contributed by atoms with E-state index in [1.165, 1.54) is 30.5 Å². The summed E-state index contributed by atoms with van der Waals surface area (Å²) in [6.07, 6.45) is 4.64. The first-order valence-electron chi connectivity index (χ1n) is 9.52. The summed E-state index contributed by atoms with van der Waals surface area (Å²) >= 11 is 0. The molecular formula is C22H20F2N4O3. The fourth-order valence-electron chi connectivity index (χ4n) is 3.71. The Kier molecular flexibility index (Phi) is 4.96. The van der Waals surface area contributed by atoms with Gasteiger partial charge in [0.15, 0.2) is 17.1 Å². The zero-order valence-corrected chi connectivity index (χ0v) is 17.1. The highest BCUT2D eigenvalue weighted by Gasteiger charge is 2.35. The summed E-state index contributed by atoms with van der Waals surface area (Å²) < 4.78 is 35.5. The molecule has 1 aromatic carbocycles. The van der Waals surface area contributed by atoms with Crippen molar-refractivity contribution in [3.63, 3.8) is 0 Å². The molecule has 0 radical (unpaired) electrons. The third kappa shape index (κ3) is 3.63. The maximum absolute atomic E-state index is 14.0. The number of halogens is 2. The van der Waals surface area contributed by atoms with Crippen LogP contribution < -0.4 is 10.1 Å². The molecule has 4 rings (SSSR count). The minimum Gasteiger partial charge on any atom is -0.485 e. The zero-order valence-electron chi connectivity index (χ0n) is 17.1. The molecule has 160 valence electrons. The molecule has 0 saturated carbocycles. The summed E-state index contributed by atoms with van der Waals surface area (Å²) in [4.78, 5) is 20.5. The molecule has 2 aromatic heterocycles. The number of hydrogen-bond acceptors (Lipinski definition) is 5. The van der Waals surface area contributed by atoms with Gasteiger partial charge in [0.05, 0.1) is 17.0 Å². The molecule has 2 N–H and O–H groups in total. The number of fused-ring (bicyclic) bond motifs is 1. The van der Waals surface area contributed by atoms with Crippen molar-refractivity contribution >= 4 is 17.8 Å². The predicted octanol–water partition coefficient (Wildman–Crippen LogP) is 3.62. The van der Waals surface area contributed by atoms with Gasteiger partial charge in [-0.15, -0.1) is 0 Å². The molecule has 0 spiro atoms. The van der Waals surface area contributed by atoms with E-state index in [0.29, 0.717) is 22.8 Å². The van der Waals surface area contributed by atoms with Crippen LogP contribution in [0.4, 0.5) is 8.78 Å². The second-order valence-electron chi connectivity index (χ2n) is 7.47. The van der Waals surface area contributed by atoms with Crippen molar-refractivity contribution in [2.75, 3.05) is 0 Å². The third-order valence-corrected chi connectivity index (χ3v) is 5.07. The first-order chi connectivity index (χ1) is 14.7. The number of carbonyl (C=O) groups is 1. The fourth-order valence-corrected chi connectivity index (χ4v) is 3.71. The van der Waals surface area contributed by atoms with Gasteiger partial charge in [-0.05, 0) is 50.6 Å². The number of rotatable bonds is 5. The van der Waals surface area contributed by atoms with Crippen molar-refractivity contribution in [2.45, 2.75) is 33.0 Å². The molecule has 3 aromatic rings. The average molecular weight is 426 g/mol. The lowest BCUT2D eigenvalue weighted by atomic mass is 10.0. The van der Waals surface area contributed by atoms with Crippen molar-refractivity contribution in [2.24, 2.45) is 4.99 Å². The lowest BCUT2D eigenvalue weighted by Crippen LogP contribution is -2.42. The van der Waals surface area contributed by atoms with Crippen LogP contribution in [0, 0.1) is 25.5 Å². The molecule has 31 heavy (non-hydrogen) atoms. The monoisotopic (exact) mass is 426 g/mol. The molecule has 0 amide bonds. The average Bonchev–Trinajstić information content (AvgIpc) is 3.04. The molecule has 1 atom stereocenters. The molecule has 9 heteroatoms. The predicted molar refractivity (Wildman–Crippen MR) is 110 cm³/mol. The lowest BCUT2D eigenvalue weighted by Gasteiger charge is -2.30. The first-order valence-corrected chi connectivity index (χ1v) is 9.52. The van der Waals surface area contributed by atoms with Gasteiger partial charge in [-0.3, -0.25) is 9.39 Å². The highest BCUT2D eigenvalue weighted by molar-refractivity contribution is 5.92. The SMILES string of the molecule is Cc1cc(OCc2c(F)cccc2F)c2nc(C)c(C3(C)N=CC=C(C(=O)O)N3)n2c1. The molecule has 1 aliphatic rings. The Hall–Kier alpha value is -3.75. The number of aliphatic carboxylic acids is 1. The number of hydrogen-bond donors (Lipinski definition) is 2. The standard InChI is InChI=1S/C22H20F2N4O3/c1-12-9-18(31-11-14-15(23)5-4-6-16(14)24)20-26-13(2)19(28(20)10-12)22(3)25-8-7-17(27-22)21(29)30/h4-10,27H,11H2,1-3H3,(H,29,30). The van der Waals surface area contributed by atoms with E-state index in [2.05, 4.69) is 15.3 Å². The molecule has 1 aliphatic heterocycles. The Labute approximate surface area is 176 Å². The van der Waals surface area contributed by atoms with E-state index in [4.69, 9.17) is 4.74 Å². The van der Waals surface area contributed by atoms with E-state index < -0.39 is 23.3 Å². The highest BCUT2D eigenvalue weighted by atomic mass is 19.1. The number of benzene rings is 1. The van der Waals surface area contributed by atoms with Crippen LogP contribution in [0.15, 0.2) is 47.2 Å². The largest absolute Gasteiger partial charge is 0.485 e. The second-order valence-corrected chi connectivity index (χ2v) is 7.47. The van der Waals surface area contributed by atoms with Gasteiger partial charge in [0.1, 0.15) is 23.9 Å². The van der Waals surface area contributed by atoms with Gasteiger partial charge in [-0.1, -0.05) is 6.07 Å². The number of carboxylic acid groups (broad SMARTS) is 1. The third-order valence-electron chi connectivity index (χ3n) is 5.07. The summed E-state index contributed by atoms with van der Waals surface area (Å²) in [5.41, 5.74) is 1.21. The maximum atomic E-state index is 14.0. The highest BCUT2D eigenvalue weighted by Crippen LogP contribution is 2.33. The fraction of sp³-hybridized carbons (Fsp3) is 0.227. The van der Waals surface area contributed by atoms with Crippen LogP contribution in [0.5, 0.6) is 5.75 Å². The molecule has 0 aliphatic carbocycles. The van der Waals surface area contributed by atoms with Gasteiger partial charge in [0.25, 0.3) is 0 Å². The summed E-state index contributed by atoms with van der Waals surface area (Å²) in [5.74, 6) is -2.14. The van der Waals surface area contributed by atoms with E-state index in [0.717, 1.165) is 5.56 Å². The number of nitrogens with zero attached hydrogens (tertiary/aromatic N) is 3.